The summed E-state index contributed by atoms with van der Waals surface area (Å²) in [5, 5.41) is 12.2. The van der Waals surface area contributed by atoms with Gasteiger partial charge in [-0.15, -0.1) is 0 Å². The van der Waals surface area contributed by atoms with Crippen LogP contribution in [0.3, 0.4) is 0 Å². The van der Waals surface area contributed by atoms with Gasteiger partial charge in [-0.25, -0.2) is 14.4 Å². The van der Waals surface area contributed by atoms with Gasteiger partial charge in [-0.3, -0.25) is 0 Å². The predicted octanol–water partition coefficient (Wildman–Crippen LogP) is 3.83. The second-order valence-corrected chi connectivity index (χ2v) is 7.87. The number of amides is 1. The van der Waals surface area contributed by atoms with Gasteiger partial charge in [-0.1, -0.05) is 44.2 Å². The van der Waals surface area contributed by atoms with Gasteiger partial charge in [0.05, 0.1) is 7.11 Å². The number of ether oxygens (including phenoxy) is 3. The lowest BCUT2D eigenvalue weighted by Gasteiger charge is -2.29. The van der Waals surface area contributed by atoms with Crippen molar-refractivity contribution in [3.8, 4) is 11.5 Å². The minimum Gasteiger partial charge on any atom is -0.497 e. The maximum absolute atomic E-state index is 12.8. The first-order chi connectivity index (χ1) is 15.1. The molecule has 0 aliphatic rings. The smallest absolute Gasteiger partial charge is 0.413 e. The van der Waals surface area contributed by atoms with Crippen molar-refractivity contribution < 1.29 is 33.7 Å². The minimum atomic E-state index is -1.77. The first kappa shape index (κ1) is 24.7. The fourth-order valence-electron chi connectivity index (χ4n) is 2.91. The van der Waals surface area contributed by atoms with Gasteiger partial charge >= 0.3 is 18.0 Å². The monoisotopic (exact) mass is 443 g/mol. The van der Waals surface area contributed by atoms with Crippen molar-refractivity contribution in [1.29, 1.82) is 0 Å². The summed E-state index contributed by atoms with van der Waals surface area (Å²) < 4.78 is 15.7. The molecule has 2 rings (SSSR count). The van der Waals surface area contributed by atoms with Crippen LogP contribution >= 0.6 is 0 Å². The summed E-state index contributed by atoms with van der Waals surface area (Å²) in [6, 6.07) is 14.5. The van der Waals surface area contributed by atoms with E-state index in [0.717, 1.165) is 5.56 Å². The highest BCUT2D eigenvalue weighted by Gasteiger charge is 2.40. The highest BCUT2D eigenvalue weighted by molar-refractivity contribution is 5.86. The van der Waals surface area contributed by atoms with Gasteiger partial charge in [0.25, 0.3) is 0 Å². The Balaban J connectivity index is 2.04. The summed E-state index contributed by atoms with van der Waals surface area (Å²) >= 11 is 0. The van der Waals surface area contributed by atoms with Crippen molar-refractivity contribution in [3.63, 3.8) is 0 Å². The number of methoxy groups -OCH3 is 1. The Morgan fingerprint density at radius 1 is 1.00 bits per heavy atom. The van der Waals surface area contributed by atoms with Gasteiger partial charge in [0.2, 0.25) is 5.60 Å². The number of carboxylic acids is 1. The third-order valence-corrected chi connectivity index (χ3v) is 4.98. The number of carbonyl (C=O) groups excluding carboxylic acids is 2. The van der Waals surface area contributed by atoms with Crippen LogP contribution in [0.15, 0.2) is 54.6 Å². The summed E-state index contributed by atoms with van der Waals surface area (Å²) in [7, 11) is 1.56. The van der Waals surface area contributed by atoms with Crippen LogP contribution < -0.4 is 14.8 Å². The van der Waals surface area contributed by atoms with Crippen molar-refractivity contribution >= 4 is 18.0 Å². The van der Waals surface area contributed by atoms with Crippen molar-refractivity contribution in [1.82, 2.24) is 5.32 Å². The lowest BCUT2D eigenvalue weighted by Crippen LogP contribution is -2.51. The van der Waals surface area contributed by atoms with Gasteiger partial charge in [0, 0.05) is 6.42 Å². The van der Waals surface area contributed by atoms with Gasteiger partial charge in [-0.05, 0) is 49.1 Å². The molecule has 2 N–H and O–H groups in total. The molecular weight excluding hydrogens is 414 g/mol. The SMILES string of the molecule is COc1ccc(CCC(C)(OC(=O)[C@@H](NC(=O)Oc2ccccc2)C(C)C)C(=O)O)cc1. The van der Waals surface area contributed by atoms with Gasteiger partial charge in [0.15, 0.2) is 0 Å². The van der Waals surface area contributed by atoms with Crippen LogP contribution in [0.1, 0.15) is 32.8 Å². The Labute approximate surface area is 187 Å². The molecule has 0 radical (unpaired) electrons. The molecule has 8 nitrogen and oxygen atoms in total. The molecule has 0 bridgehead atoms. The topological polar surface area (TPSA) is 111 Å². The second kappa shape index (κ2) is 11.2. The summed E-state index contributed by atoms with van der Waals surface area (Å²) in [6.07, 6.45) is -0.405. The zero-order valence-corrected chi connectivity index (χ0v) is 18.7. The van der Waals surface area contributed by atoms with Crippen molar-refractivity contribution in [2.75, 3.05) is 7.11 Å². The highest BCUT2D eigenvalue weighted by atomic mass is 16.6. The zero-order valence-electron chi connectivity index (χ0n) is 18.7. The molecule has 172 valence electrons. The zero-order chi connectivity index (χ0) is 23.7. The summed E-state index contributed by atoms with van der Waals surface area (Å²) in [6.45, 7) is 4.77. The average molecular weight is 443 g/mol. The fourth-order valence-corrected chi connectivity index (χ4v) is 2.91. The number of para-hydroxylation sites is 1. The number of hydrogen-bond acceptors (Lipinski definition) is 6. The number of rotatable bonds is 10. The number of aliphatic carboxylic acids is 1. The number of carbonyl (C=O) groups is 3. The molecule has 1 amide bonds. The van der Waals surface area contributed by atoms with Crippen LogP contribution in [0.4, 0.5) is 4.79 Å². The molecule has 0 heterocycles. The normalized spacial score (nSPS) is 13.5. The first-order valence-electron chi connectivity index (χ1n) is 10.3. The van der Waals surface area contributed by atoms with Crippen molar-refractivity contribution in [2.45, 2.75) is 45.3 Å². The first-order valence-corrected chi connectivity index (χ1v) is 10.3. The largest absolute Gasteiger partial charge is 0.497 e. The van der Waals surface area contributed by atoms with E-state index in [9.17, 15) is 19.5 Å². The van der Waals surface area contributed by atoms with Gasteiger partial charge < -0.3 is 24.6 Å². The van der Waals surface area contributed by atoms with Gasteiger partial charge in [-0.2, -0.15) is 0 Å². The second-order valence-electron chi connectivity index (χ2n) is 7.87. The quantitative estimate of drug-likeness (QED) is 0.537. The number of hydrogen-bond donors (Lipinski definition) is 2. The summed E-state index contributed by atoms with van der Waals surface area (Å²) in [4.78, 5) is 37.0. The van der Waals surface area contributed by atoms with Crippen LogP contribution in [0.5, 0.6) is 11.5 Å². The van der Waals surface area contributed by atoms with E-state index in [0.29, 0.717) is 17.9 Å². The van der Waals surface area contributed by atoms with Crippen LogP contribution in [0.2, 0.25) is 0 Å². The molecule has 0 saturated carbocycles. The molecule has 0 saturated heterocycles. The summed E-state index contributed by atoms with van der Waals surface area (Å²) in [5.74, 6) is -1.46. The van der Waals surface area contributed by atoms with Crippen molar-refractivity contribution in [3.05, 3.63) is 60.2 Å². The van der Waals surface area contributed by atoms with Crippen LogP contribution in [-0.2, 0) is 20.7 Å². The highest BCUT2D eigenvalue weighted by Crippen LogP contribution is 2.23. The number of carboxylic acid groups (broad SMARTS) is 1. The van der Waals surface area contributed by atoms with E-state index in [-0.39, 0.29) is 12.3 Å². The molecule has 32 heavy (non-hydrogen) atoms. The molecule has 0 aliphatic carbocycles. The molecule has 0 aliphatic heterocycles. The van der Waals surface area contributed by atoms with E-state index in [1.54, 1.807) is 63.4 Å². The molecule has 8 heteroatoms. The Kier molecular flexibility index (Phi) is 8.63. The molecule has 0 fully saturated rings. The van der Waals surface area contributed by atoms with E-state index in [2.05, 4.69) is 5.32 Å². The predicted molar refractivity (Wildman–Crippen MR) is 118 cm³/mol. The Hall–Kier alpha value is -3.55. The van der Waals surface area contributed by atoms with E-state index >= 15 is 0 Å². The van der Waals surface area contributed by atoms with Gasteiger partial charge in [0.1, 0.15) is 17.5 Å². The maximum atomic E-state index is 12.8. The molecule has 2 aromatic carbocycles. The lowest BCUT2D eigenvalue weighted by molar-refractivity contribution is -0.179. The standard InChI is InChI=1S/C24H29NO7/c1-16(2)20(25-23(29)31-19-8-6-5-7-9-19)21(26)32-24(3,22(27)28)15-14-17-10-12-18(30-4)13-11-17/h5-13,16,20H,14-15H2,1-4H3,(H,25,29)(H,27,28)/t20-,24?/m0/s1. The van der Waals surface area contributed by atoms with E-state index < -0.39 is 29.7 Å². The van der Waals surface area contributed by atoms with E-state index in [1.165, 1.54) is 6.92 Å². The Morgan fingerprint density at radius 2 is 1.62 bits per heavy atom. The Morgan fingerprint density at radius 3 is 2.16 bits per heavy atom. The van der Waals surface area contributed by atoms with Crippen LogP contribution in [-0.4, -0.2) is 41.9 Å². The molecule has 0 spiro atoms. The average Bonchev–Trinajstić information content (AvgIpc) is 2.76. The molecule has 1 unspecified atom stereocenters. The van der Waals surface area contributed by atoms with E-state index in [1.807, 2.05) is 12.1 Å². The molecule has 2 atom stereocenters. The number of esters is 1. The minimum absolute atomic E-state index is 0.0552. The third-order valence-electron chi connectivity index (χ3n) is 4.98. The maximum Gasteiger partial charge on any atom is 0.413 e. The van der Waals surface area contributed by atoms with Crippen LogP contribution in [0, 0.1) is 5.92 Å². The fraction of sp³-hybridized carbons (Fsp3) is 0.375. The lowest BCUT2D eigenvalue weighted by atomic mass is 9.96. The summed E-state index contributed by atoms with van der Waals surface area (Å²) in [5.41, 5.74) is -0.894. The van der Waals surface area contributed by atoms with Crippen LogP contribution in [0.25, 0.3) is 0 Å². The number of benzene rings is 2. The number of aryl methyl sites for hydroxylation is 1. The van der Waals surface area contributed by atoms with Crippen molar-refractivity contribution in [2.24, 2.45) is 5.92 Å². The third kappa shape index (κ3) is 7.01. The van der Waals surface area contributed by atoms with E-state index in [4.69, 9.17) is 14.2 Å². The molecule has 2 aromatic rings. The Bertz CT molecular complexity index is 912. The molecule has 0 aromatic heterocycles. The number of nitrogens with one attached hydrogen (secondary N) is 1. The molecular formula is C24H29NO7.